The molecule has 1 heterocycles. The maximum absolute atomic E-state index is 9.84. The summed E-state index contributed by atoms with van der Waals surface area (Å²) in [5.41, 5.74) is 1.62. The topological polar surface area (TPSA) is 65.2 Å². The molecule has 0 saturated heterocycles. The smallest absolute Gasteiger partial charge is 0.0914 e. The van der Waals surface area contributed by atoms with E-state index in [2.05, 4.69) is 10.2 Å². The fourth-order valence-corrected chi connectivity index (χ4v) is 3.24. The second kappa shape index (κ2) is 5.93. The zero-order valence-corrected chi connectivity index (χ0v) is 11.3. The first-order chi connectivity index (χ1) is 8.61. The monoisotopic (exact) mass is 252 g/mol. The van der Waals surface area contributed by atoms with Crippen LogP contribution in [0.1, 0.15) is 52.4 Å². The van der Waals surface area contributed by atoms with Gasteiger partial charge in [-0.15, -0.1) is 0 Å². The summed E-state index contributed by atoms with van der Waals surface area (Å²) < 4.78 is 0. The minimum absolute atomic E-state index is 0.271. The van der Waals surface area contributed by atoms with Crippen molar-refractivity contribution in [2.45, 2.75) is 64.6 Å². The zero-order chi connectivity index (χ0) is 13.1. The van der Waals surface area contributed by atoms with Crippen LogP contribution in [-0.2, 0) is 0 Å². The number of rotatable bonds is 2. The highest BCUT2D eigenvalue weighted by atomic mass is 16.3. The first-order valence-corrected chi connectivity index (χ1v) is 7.12. The van der Waals surface area contributed by atoms with E-state index in [9.17, 15) is 10.2 Å². The van der Waals surface area contributed by atoms with Crippen molar-refractivity contribution >= 4 is 11.4 Å². The molecule has 1 fully saturated rings. The van der Waals surface area contributed by atoms with Crippen molar-refractivity contribution in [3.63, 3.8) is 0 Å². The minimum Gasteiger partial charge on any atom is -0.387 e. The number of aliphatic hydroxyl groups is 2. The first-order valence-electron chi connectivity index (χ1n) is 7.12. The summed E-state index contributed by atoms with van der Waals surface area (Å²) in [7, 11) is 0. The number of aliphatic hydroxyl groups excluding tert-OH is 2. The molecule has 4 atom stereocenters. The van der Waals surface area contributed by atoms with Crippen molar-refractivity contribution in [2.75, 3.05) is 0 Å². The van der Waals surface area contributed by atoms with Gasteiger partial charge in [0.1, 0.15) is 0 Å². The number of fused-ring (bicyclic) bond motifs is 1. The molecule has 2 rings (SSSR count). The molecule has 0 radical (unpaired) electrons. The van der Waals surface area contributed by atoms with E-state index in [1.54, 1.807) is 13.8 Å². The summed E-state index contributed by atoms with van der Waals surface area (Å²) in [6.45, 7) is 3.52. The Morgan fingerprint density at radius 3 is 1.56 bits per heavy atom. The average molecular weight is 252 g/mol. The van der Waals surface area contributed by atoms with Crippen molar-refractivity contribution in [2.24, 2.45) is 22.0 Å². The highest BCUT2D eigenvalue weighted by Crippen LogP contribution is 2.34. The van der Waals surface area contributed by atoms with Crippen molar-refractivity contribution in [3.05, 3.63) is 0 Å². The highest BCUT2D eigenvalue weighted by Gasteiger charge is 2.36. The molecule has 4 nitrogen and oxygen atoms in total. The molecular formula is C14H24N2O2. The van der Waals surface area contributed by atoms with E-state index < -0.39 is 12.2 Å². The number of nitrogens with zero attached hydrogens (tertiary/aromatic N) is 2. The van der Waals surface area contributed by atoms with Crippen LogP contribution in [0.3, 0.4) is 0 Å². The lowest BCUT2D eigenvalue weighted by atomic mass is 9.74. The van der Waals surface area contributed by atoms with Crippen LogP contribution in [0.25, 0.3) is 0 Å². The van der Waals surface area contributed by atoms with Gasteiger partial charge in [0.15, 0.2) is 0 Å². The van der Waals surface area contributed by atoms with Crippen LogP contribution in [-0.4, -0.2) is 33.8 Å². The molecular weight excluding hydrogens is 228 g/mol. The van der Waals surface area contributed by atoms with Crippen LogP contribution < -0.4 is 0 Å². The van der Waals surface area contributed by atoms with Crippen LogP contribution in [0.5, 0.6) is 0 Å². The Bertz CT molecular complexity index is 314. The molecule has 0 amide bonds. The Kier molecular flexibility index (Phi) is 4.51. The van der Waals surface area contributed by atoms with Gasteiger partial charge >= 0.3 is 0 Å². The Hall–Kier alpha value is -0.740. The maximum atomic E-state index is 9.84. The van der Waals surface area contributed by atoms with Crippen LogP contribution in [0.15, 0.2) is 10.2 Å². The van der Waals surface area contributed by atoms with Crippen LogP contribution >= 0.6 is 0 Å². The Labute approximate surface area is 109 Å². The van der Waals surface area contributed by atoms with Crippen LogP contribution in [0.4, 0.5) is 0 Å². The Morgan fingerprint density at radius 1 is 0.833 bits per heavy atom. The van der Waals surface area contributed by atoms with Crippen molar-refractivity contribution in [3.8, 4) is 0 Å². The third-order valence-electron chi connectivity index (χ3n) is 4.16. The highest BCUT2D eigenvalue weighted by molar-refractivity contribution is 6.01. The summed E-state index contributed by atoms with van der Waals surface area (Å²) in [5.74, 6) is 0.541. The summed E-state index contributed by atoms with van der Waals surface area (Å²) in [5, 5.41) is 28.0. The predicted octanol–water partition coefficient (Wildman–Crippen LogP) is 2.15. The predicted molar refractivity (Wildman–Crippen MR) is 72.9 cm³/mol. The summed E-state index contributed by atoms with van der Waals surface area (Å²) in [6.07, 6.45) is 5.93. The van der Waals surface area contributed by atoms with Gasteiger partial charge in [0.25, 0.3) is 0 Å². The van der Waals surface area contributed by atoms with Gasteiger partial charge in [-0.05, 0) is 26.7 Å². The normalized spacial score (nSPS) is 32.4. The van der Waals surface area contributed by atoms with E-state index in [-0.39, 0.29) is 11.8 Å². The van der Waals surface area contributed by atoms with Gasteiger partial charge in [0.2, 0.25) is 0 Å². The van der Waals surface area contributed by atoms with Gasteiger partial charge < -0.3 is 10.2 Å². The Morgan fingerprint density at radius 2 is 1.22 bits per heavy atom. The molecule has 0 aromatic rings. The molecule has 0 bridgehead atoms. The SMILES string of the molecule is CC(O)C1=NN=C(C(C)O)C2CCCCCCC12. The van der Waals surface area contributed by atoms with E-state index >= 15 is 0 Å². The molecule has 4 heteroatoms. The average Bonchev–Trinajstić information content (AvgIpc) is 2.27. The zero-order valence-electron chi connectivity index (χ0n) is 11.3. The second-order valence-corrected chi connectivity index (χ2v) is 5.61. The van der Waals surface area contributed by atoms with Gasteiger partial charge in [-0.25, -0.2) is 0 Å². The fraction of sp³-hybridized carbons (Fsp3) is 0.857. The molecule has 0 aromatic carbocycles. The van der Waals surface area contributed by atoms with Gasteiger partial charge in [-0.2, -0.15) is 10.2 Å². The van der Waals surface area contributed by atoms with E-state index in [1.165, 1.54) is 25.7 Å². The lowest BCUT2D eigenvalue weighted by molar-refractivity contribution is 0.230. The number of hydrogen-bond donors (Lipinski definition) is 2. The third kappa shape index (κ3) is 2.81. The summed E-state index contributed by atoms with van der Waals surface area (Å²) >= 11 is 0. The van der Waals surface area contributed by atoms with Crippen molar-refractivity contribution < 1.29 is 10.2 Å². The molecule has 0 spiro atoms. The maximum Gasteiger partial charge on any atom is 0.0914 e. The first kappa shape index (κ1) is 13.7. The number of hydrogen-bond acceptors (Lipinski definition) is 4. The lowest BCUT2D eigenvalue weighted by Gasteiger charge is -2.35. The van der Waals surface area contributed by atoms with Gasteiger partial charge in [0.05, 0.1) is 23.6 Å². The quantitative estimate of drug-likeness (QED) is 0.791. The van der Waals surface area contributed by atoms with E-state index in [0.29, 0.717) is 0 Å². The molecule has 1 aliphatic carbocycles. The van der Waals surface area contributed by atoms with E-state index in [0.717, 1.165) is 24.3 Å². The molecule has 1 saturated carbocycles. The van der Waals surface area contributed by atoms with E-state index in [4.69, 9.17) is 0 Å². The summed E-state index contributed by atoms with van der Waals surface area (Å²) in [4.78, 5) is 0. The molecule has 102 valence electrons. The minimum atomic E-state index is -0.531. The van der Waals surface area contributed by atoms with Crippen molar-refractivity contribution in [1.29, 1.82) is 0 Å². The van der Waals surface area contributed by atoms with E-state index in [1.807, 2.05) is 0 Å². The molecule has 2 N–H and O–H groups in total. The van der Waals surface area contributed by atoms with Crippen LogP contribution in [0.2, 0.25) is 0 Å². The second-order valence-electron chi connectivity index (χ2n) is 5.61. The van der Waals surface area contributed by atoms with Gasteiger partial charge in [-0.3, -0.25) is 0 Å². The largest absolute Gasteiger partial charge is 0.387 e. The third-order valence-corrected chi connectivity index (χ3v) is 4.16. The molecule has 1 aliphatic heterocycles. The van der Waals surface area contributed by atoms with Crippen molar-refractivity contribution in [1.82, 2.24) is 0 Å². The summed E-state index contributed by atoms with van der Waals surface area (Å²) in [6, 6.07) is 0. The fourth-order valence-electron chi connectivity index (χ4n) is 3.24. The van der Waals surface area contributed by atoms with Gasteiger partial charge in [0, 0.05) is 11.8 Å². The molecule has 4 unspecified atom stereocenters. The molecule has 2 aliphatic rings. The Balaban J connectivity index is 2.28. The standard InChI is InChI=1S/C14H24N2O2/c1-9(17)13-11-7-5-3-4-6-8-12(11)14(10(2)18)16-15-13/h9-12,17-18H,3-8H2,1-2H3. The van der Waals surface area contributed by atoms with Crippen LogP contribution in [0, 0.1) is 11.8 Å². The molecule has 0 aromatic heterocycles. The molecule has 18 heavy (non-hydrogen) atoms. The lowest BCUT2D eigenvalue weighted by Crippen LogP contribution is -2.41. The van der Waals surface area contributed by atoms with Gasteiger partial charge in [-0.1, -0.05) is 25.7 Å².